The highest BCUT2D eigenvalue weighted by Crippen LogP contribution is 2.03. The molecule has 0 aliphatic rings. The van der Waals surface area contributed by atoms with E-state index in [1.807, 2.05) is 0 Å². The van der Waals surface area contributed by atoms with Crippen molar-refractivity contribution in [3.05, 3.63) is 0 Å². The summed E-state index contributed by atoms with van der Waals surface area (Å²) < 4.78 is 0. The Morgan fingerprint density at radius 3 is 2.50 bits per heavy atom. The Balaban J connectivity index is 3.31. The summed E-state index contributed by atoms with van der Waals surface area (Å²) in [6, 6.07) is 0. The van der Waals surface area contributed by atoms with Crippen molar-refractivity contribution in [1.82, 2.24) is 5.06 Å². The molecule has 0 aromatic heterocycles. The Morgan fingerprint density at radius 2 is 2.00 bits per heavy atom. The zero-order valence-electron chi connectivity index (χ0n) is 8.30. The quantitative estimate of drug-likeness (QED) is 0.454. The number of hydrogen-bond donors (Lipinski definition) is 0. The third-order valence-corrected chi connectivity index (χ3v) is 1.87. The van der Waals surface area contributed by atoms with Crippen LogP contribution in [0.5, 0.6) is 0 Å². The van der Waals surface area contributed by atoms with Gasteiger partial charge in [0.2, 0.25) is 5.91 Å². The molecular weight excluding hydrogens is 154 g/mol. The van der Waals surface area contributed by atoms with Crippen LogP contribution in [-0.4, -0.2) is 25.1 Å². The number of hydrogen-bond acceptors (Lipinski definition) is 2. The first-order valence-corrected chi connectivity index (χ1v) is 4.53. The van der Waals surface area contributed by atoms with E-state index in [-0.39, 0.29) is 5.91 Å². The van der Waals surface area contributed by atoms with Gasteiger partial charge in [0.05, 0.1) is 7.11 Å². The molecule has 0 spiro atoms. The maximum Gasteiger partial charge on any atom is 0.245 e. The van der Waals surface area contributed by atoms with Gasteiger partial charge in [-0.1, -0.05) is 26.2 Å². The van der Waals surface area contributed by atoms with Gasteiger partial charge in [-0.3, -0.25) is 9.63 Å². The maximum absolute atomic E-state index is 11.1. The number of rotatable bonds is 6. The second-order valence-corrected chi connectivity index (χ2v) is 2.88. The van der Waals surface area contributed by atoms with E-state index in [0.29, 0.717) is 6.42 Å². The number of hydroxylamine groups is 2. The van der Waals surface area contributed by atoms with Gasteiger partial charge in [-0.15, -0.1) is 0 Å². The van der Waals surface area contributed by atoms with E-state index in [1.54, 1.807) is 7.05 Å². The lowest BCUT2D eigenvalue weighted by molar-refractivity contribution is -0.168. The van der Waals surface area contributed by atoms with Gasteiger partial charge in [0.25, 0.3) is 0 Å². The summed E-state index contributed by atoms with van der Waals surface area (Å²) in [5.41, 5.74) is 0. The predicted octanol–water partition coefficient (Wildman–Crippen LogP) is 1.98. The zero-order valence-corrected chi connectivity index (χ0v) is 8.30. The molecule has 0 aliphatic carbocycles. The first kappa shape index (κ1) is 11.4. The molecule has 0 saturated carbocycles. The molecule has 0 rings (SSSR count). The van der Waals surface area contributed by atoms with E-state index in [1.165, 1.54) is 25.0 Å². The molecule has 0 aromatic carbocycles. The van der Waals surface area contributed by atoms with Gasteiger partial charge in [0, 0.05) is 13.5 Å². The van der Waals surface area contributed by atoms with Crippen LogP contribution in [0.1, 0.15) is 39.0 Å². The van der Waals surface area contributed by atoms with Crippen LogP contribution in [0.4, 0.5) is 0 Å². The molecule has 0 saturated heterocycles. The van der Waals surface area contributed by atoms with Crippen LogP contribution in [0.15, 0.2) is 0 Å². The summed E-state index contributed by atoms with van der Waals surface area (Å²) in [5, 5.41) is 1.28. The first-order chi connectivity index (χ1) is 5.72. The molecule has 0 atom stereocenters. The fourth-order valence-electron chi connectivity index (χ4n) is 0.962. The van der Waals surface area contributed by atoms with E-state index < -0.39 is 0 Å². The highest BCUT2D eigenvalue weighted by Gasteiger charge is 2.05. The Bertz CT molecular complexity index is 126. The van der Waals surface area contributed by atoms with Crippen molar-refractivity contribution in [2.45, 2.75) is 39.0 Å². The maximum atomic E-state index is 11.1. The van der Waals surface area contributed by atoms with Crippen LogP contribution in [0.2, 0.25) is 0 Å². The van der Waals surface area contributed by atoms with Crippen LogP contribution in [0.3, 0.4) is 0 Å². The Morgan fingerprint density at radius 1 is 1.33 bits per heavy atom. The van der Waals surface area contributed by atoms with Crippen LogP contribution < -0.4 is 0 Å². The Labute approximate surface area is 74.6 Å². The molecule has 0 heterocycles. The van der Waals surface area contributed by atoms with Gasteiger partial charge in [0.1, 0.15) is 0 Å². The van der Waals surface area contributed by atoms with Crippen LogP contribution in [0.25, 0.3) is 0 Å². The molecule has 0 unspecified atom stereocenters. The molecule has 0 aliphatic heterocycles. The molecule has 0 fully saturated rings. The molecular formula is C9H19NO2. The topological polar surface area (TPSA) is 29.5 Å². The summed E-state index contributed by atoms with van der Waals surface area (Å²) in [6.07, 6.45) is 5.13. The lowest BCUT2D eigenvalue weighted by atomic mass is 10.1. The van der Waals surface area contributed by atoms with E-state index >= 15 is 0 Å². The van der Waals surface area contributed by atoms with Gasteiger partial charge in [-0.25, -0.2) is 5.06 Å². The summed E-state index contributed by atoms with van der Waals surface area (Å²) >= 11 is 0. The largest absolute Gasteiger partial charge is 0.275 e. The molecule has 0 bridgehead atoms. The Kier molecular flexibility index (Phi) is 6.76. The molecule has 0 radical (unpaired) electrons. The van der Waals surface area contributed by atoms with E-state index in [9.17, 15) is 4.79 Å². The fourth-order valence-corrected chi connectivity index (χ4v) is 0.962. The van der Waals surface area contributed by atoms with Gasteiger partial charge in [-0.05, 0) is 6.42 Å². The van der Waals surface area contributed by atoms with E-state index in [2.05, 4.69) is 6.92 Å². The minimum Gasteiger partial charge on any atom is -0.275 e. The molecule has 0 N–H and O–H groups in total. The molecule has 3 nitrogen and oxygen atoms in total. The average molecular weight is 173 g/mol. The van der Waals surface area contributed by atoms with Crippen LogP contribution >= 0.6 is 0 Å². The predicted molar refractivity (Wildman–Crippen MR) is 48.5 cm³/mol. The van der Waals surface area contributed by atoms with Crippen molar-refractivity contribution in [2.75, 3.05) is 14.2 Å². The van der Waals surface area contributed by atoms with Crippen molar-refractivity contribution < 1.29 is 9.63 Å². The zero-order chi connectivity index (χ0) is 9.40. The summed E-state index contributed by atoms with van der Waals surface area (Å²) in [4.78, 5) is 15.9. The number of unbranched alkanes of at least 4 members (excludes halogenated alkanes) is 3. The summed E-state index contributed by atoms with van der Waals surface area (Å²) in [7, 11) is 3.14. The lowest BCUT2D eigenvalue weighted by Crippen LogP contribution is -2.24. The van der Waals surface area contributed by atoms with E-state index in [4.69, 9.17) is 4.84 Å². The summed E-state index contributed by atoms with van der Waals surface area (Å²) in [6.45, 7) is 2.16. The number of carbonyl (C=O) groups excluding carboxylic acids is 1. The number of nitrogens with zero attached hydrogens (tertiary/aromatic N) is 1. The highest BCUT2D eigenvalue weighted by atomic mass is 16.7. The van der Waals surface area contributed by atoms with Crippen molar-refractivity contribution >= 4 is 5.91 Å². The second-order valence-electron chi connectivity index (χ2n) is 2.88. The highest BCUT2D eigenvalue weighted by molar-refractivity contribution is 5.74. The van der Waals surface area contributed by atoms with Crippen molar-refractivity contribution in [2.24, 2.45) is 0 Å². The minimum absolute atomic E-state index is 0.0635. The SMILES string of the molecule is CCCCCCC(=O)N(C)OC. The van der Waals surface area contributed by atoms with Gasteiger partial charge < -0.3 is 0 Å². The molecule has 72 valence electrons. The van der Waals surface area contributed by atoms with Gasteiger partial charge >= 0.3 is 0 Å². The van der Waals surface area contributed by atoms with Crippen molar-refractivity contribution in [3.63, 3.8) is 0 Å². The third-order valence-electron chi connectivity index (χ3n) is 1.87. The number of amides is 1. The molecule has 1 amide bonds. The third kappa shape index (κ3) is 5.13. The van der Waals surface area contributed by atoms with Crippen molar-refractivity contribution in [3.8, 4) is 0 Å². The van der Waals surface area contributed by atoms with Crippen LogP contribution in [0, 0.1) is 0 Å². The first-order valence-electron chi connectivity index (χ1n) is 4.53. The fraction of sp³-hybridized carbons (Fsp3) is 0.889. The monoisotopic (exact) mass is 173 g/mol. The lowest BCUT2D eigenvalue weighted by Gasteiger charge is -2.12. The minimum atomic E-state index is 0.0635. The molecule has 3 heteroatoms. The summed E-state index contributed by atoms with van der Waals surface area (Å²) in [5.74, 6) is 0.0635. The normalized spacial score (nSPS) is 9.92. The van der Waals surface area contributed by atoms with E-state index in [0.717, 1.165) is 12.8 Å². The number of carbonyl (C=O) groups is 1. The smallest absolute Gasteiger partial charge is 0.245 e. The van der Waals surface area contributed by atoms with Crippen LogP contribution in [-0.2, 0) is 9.63 Å². The average Bonchev–Trinajstić information content (AvgIpc) is 2.10. The molecule has 12 heavy (non-hydrogen) atoms. The van der Waals surface area contributed by atoms with Crippen molar-refractivity contribution in [1.29, 1.82) is 0 Å². The van der Waals surface area contributed by atoms with Gasteiger partial charge in [-0.2, -0.15) is 0 Å². The second kappa shape index (κ2) is 7.10. The van der Waals surface area contributed by atoms with Gasteiger partial charge in [0.15, 0.2) is 0 Å². The Hall–Kier alpha value is -0.570. The molecule has 0 aromatic rings. The standard InChI is InChI=1S/C9H19NO2/c1-4-5-6-7-8-9(11)10(2)12-3/h4-8H2,1-3H3.